The second-order valence-electron chi connectivity index (χ2n) is 7.29. The van der Waals surface area contributed by atoms with Gasteiger partial charge in [0, 0.05) is 44.4 Å². The first-order chi connectivity index (χ1) is 9.68. The van der Waals surface area contributed by atoms with E-state index in [1.54, 1.807) is 0 Å². The van der Waals surface area contributed by atoms with Crippen molar-refractivity contribution in [3.05, 3.63) is 0 Å². The molecule has 3 rings (SSSR count). The van der Waals surface area contributed by atoms with Crippen LogP contribution < -0.4 is 5.73 Å². The van der Waals surface area contributed by atoms with Gasteiger partial charge in [0.25, 0.3) is 0 Å². The summed E-state index contributed by atoms with van der Waals surface area (Å²) in [5.74, 6) is 0.697. The number of hydrogen-bond acceptors (Lipinski definition) is 4. The van der Waals surface area contributed by atoms with Crippen LogP contribution in [0.25, 0.3) is 0 Å². The lowest BCUT2D eigenvalue weighted by Gasteiger charge is -2.45. The largest absolute Gasteiger partial charge is 0.384 e. The number of methoxy groups -OCH3 is 1. The van der Waals surface area contributed by atoms with Crippen LogP contribution >= 0.6 is 0 Å². The Balaban J connectivity index is 1.68. The third kappa shape index (κ3) is 2.76. The fourth-order valence-corrected chi connectivity index (χ4v) is 4.50. The number of hydrogen-bond donors (Lipinski definition) is 1. The van der Waals surface area contributed by atoms with Crippen molar-refractivity contribution in [3.8, 4) is 0 Å². The molecule has 3 aliphatic rings. The van der Waals surface area contributed by atoms with Gasteiger partial charge >= 0.3 is 0 Å². The SMILES string of the molecule is COCC1CCCN(C2(CN)CC(C)N(C3CC3)C2)C1. The van der Waals surface area contributed by atoms with Crippen molar-refractivity contribution in [2.45, 2.75) is 56.7 Å². The van der Waals surface area contributed by atoms with Crippen molar-refractivity contribution in [2.75, 3.05) is 39.9 Å². The fourth-order valence-electron chi connectivity index (χ4n) is 4.50. The van der Waals surface area contributed by atoms with E-state index in [1.165, 1.54) is 51.7 Å². The molecule has 116 valence electrons. The summed E-state index contributed by atoms with van der Waals surface area (Å²) in [5.41, 5.74) is 6.50. The molecule has 0 bridgehead atoms. The molecular weight excluding hydrogens is 250 g/mol. The third-order valence-corrected chi connectivity index (χ3v) is 5.71. The predicted octanol–water partition coefficient (Wildman–Crippen LogP) is 1.30. The van der Waals surface area contributed by atoms with Gasteiger partial charge in [-0.1, -0.05) is 0 Å². The van der Waals surface area contributed by atoms with Gasteiger partial charge in [0.05, 0.1) is 6.61 Å². The van der Waals surface area contributed by atoms with E-state index in [-0.39, 0.29) is 5.54 Å². The van der Waals surface area contributed by atoms with Crippen molar-refractivity contribution in [1.82, 2.24) is 9.80 Å². The average molecular weight is 281 g/mol. The van der Waals surface area contributed by atoms with E-state index in [2.05, 4.69) is 16.7 Å². The van der Waals surface area contributed by atoms with E-state index in [1.807, 2.05) is 7.11 Å². The normalized spacial score (nSPS) is 40.4. The molecule has 0 aromatic heterocycles. The van der Waals surface area contributed by atoms with Crippen LogP contribution in [0.15, 0.2) is 0 Å². The van der Waals surface area contributed by atoms with Crippen molar-refractivity contribution < 1.29 is 4.74 Å². The molecule has 1 aliphatic carbocycles. The van der Waals surface area contributed by atoms with E-state index < -0.39 is 0 Å². The van der Waals surface area contributed by atoms with Crippen molar-refractivity contribution in [2.24, 2.45) is 11.7 Å². The zero-order chi connectivity index (χ0) is 14.2. The second kappa shape index (κ2) is 5.91. The van der Waals surface area contributed by atoms with Gasteiger partial charge in [0.2, 0.25) is 0 Å². The van der Waals surface area contributed by atoms with Crippen LogP contribution in [0, 0.1) is 5.92 Å². The zero-order valence-corrected chi connectivity index (χ0v) is 13.2. The van der Waals surface area contributed by atoms with Crippen molar-refractivity contribution in [1.29, 1.82) is 0 Å². The maximum absolute atomic E-state index is 6.26. The van der Waals surface area contributed by atoms with Gasteiger partial charge in [-0.2, -0.15) is 0 Å². The quantitative estimate of drug-likeness (QED) is 0.825. The Morgan fingerprint density at radius 3 is 2.75 bits per heavy atom. The Morgan fingerprint density at radius 1 is 1.30 bits per heavy atom. The molecule has 3 atom stereocenters. The van der Waals surface area contributed by atoms with Crippen LogP contribution in [0.2, 0.25) is 0 Å². The van der Waals surface area contributed by atoms with Crippen LogP contribution in [-0.4, -0.2) is 67.3 Å². The second-order valence-corrected chi connectivity index (χ2v) is 7.29. The molecule has 3 fully saturated rings. The first-order valence-corrected chi connectivity index (χ1v) is 8.38. The zero-order valence-electron chi connectivity index (χ0n) is 13.2. The Bertz CT molecular complexity index is 332. The number of ether oxygens (including phenoxy) is 1. The first kappa shape index (κ1) is 14.8. The Morgan fingerprint density at radius 2 is 2.10 bits per heavy atom. The highest BCUT2D eigenvalue weighted by Gasteiger charge is 2.49. The van der Waals surface area contributed by atoms with Crippen LogP contribution in [0.5, 0.6) is 0 Å². The molecule has 2 saturated heterocycles. The molecule has 2 aliphatic heterocycles. The molecule has 20 heavy (non-hydrogen) atoms. The molecular formula is C16H31N3O. The summed E-state index contributed by atoms with van der Waals surface area (Å²) in [6, 6.07) is 1.56. The molecule has 2 heterocycles. The topological polar surface area (TPSA) is 41.7 Å². The Kier molecular flexibility index (Phi) is 4.37. The summed E-state index contributed by atoms with van der Waals surface area (Å²) < 4.78 is 5.38. The lowest BCUT2D eigenvalue weighted by molar-refractivity contribution is 0.0257. The molecule has 3 unspecified atom stereocenters. The van der Waals surface area contributed by atoms with E-state index in [4.69, 9.17) is 10.5 Å². The van der Waals surface area contributed by atoms with Crippen LogP contribution in [0.1, 0.15) is 39.0 Å². The molecule has 4 nitrogen and oxygen atoms in total. The standard InChI is InChI=1S/C16H31N3O/c1-13-8-16(11-17,12-19(13)15-5-6-15)18-7-3-4-14(9-18)10-20-2/h13-15H,3-12,17H2,1-2H3. The number of nitrogens with zero attached hydrogens (tertiary/aromatic N) is 2. The van der Waals surface area contributed by atoms with E-state index >= 15 is 0 Å². The minimum absolute atomic E-state index is 0.231. The van der Waals surface area contributed by atoms with Crippen molar-refractivity contribution in [3.63, 3.8) is 0 Å². The smallest absolute Gasteiger partial charge is 0.0502 e. The molecule has 0 radical (unpaired) electrons. The number of likely N-dealkylation sites (tertiary alicyclic amines) is 2. The lowest BCUT2D eigenvalue weighted by atomic mass is 9.88. The number of nitrogens with two attached hydrogens (primary N) is 1. The van der Waals surface area contributed by atoms with Gasteiger partial charge in [-0.05, 0) is 51.5 Å². The average Bonchev–Trinajstić information content (AvgIpc) is 3.23. The summed E-state index contributed by atoms with van der Waals surface area (Å²) >= 11 is 0. The Labute approximate surface area is 123 Å². The predicted molar refractivity (Wildman–Crippen MR) is 81.8 cm³/mol. The van der Waals surface area contributed by atoms with Crippen LogP contribution in [0.3, 0.4) is 0 Å². The van der Waals surface area contributed by atoms with Crippen LogP contribution in [0.4, 0.5) is 0 Å². The van der Waals surface area contributed by atoms with E-state index in [9.17, 15) is 0 Å². The van der Waals surface area contributed by atoms with E-state index in [0.717, 1.165) is 19.2 Å². The number of piperidine rings is 1. The van der Waals surface area contributed by atoms with Gasteiger partial charge in [0.1, 0.15) is 0 Å². The van der Waals surface area contributed by atoms with E-state index in [0.29, 0.717) is 12.0 Å². The molecule has 0 spiro atoms. The van der Waals surface area contributed by atoms with Crippen molar-refractivity contribution >= 4 is 0 Å². The molecule has 1 saturated carbocycles. The van der Waals surface area contributed by atoms with Gasteiger partial charge in [-0.25, -0.2) is 0 Å². The summed E-state index contributed by atoms with van der Waals surface area (Å²) in [7, 11) is 1.82. The molecule has 2 N–H and O–H groups in total. The maximum atomic E-state index is 6.26. The summed E-state index contributed by atoms with van der Waals surface area (Å²) in [6.45, 7) is 7.69. The summed E-state index contributed by atoms with van der Waals surface area (Å²) in [4.78, 5) is 5.44. The Hall–Kier alpha value is -0.160. The summed E-state index contributed by atoms with van der Waals surface area (Å²) in [5, 5.41) is 0. The molecule has 0 aromatic rings. The highest BCUT2D eigenvalue weighted by atomic mass is 16.5. The highest BCUT2D eigenvalue weighted by molar-refractivity contribution is 5.07. The first-order valence-electron chi connectivity index (χ1n) is 8.38. The molecule has 0 amide bonds. The summed E-state index contributed by atoms with van der Waals surface area (Å²) in [6.07, 6.45) is 6.66. The third-order valence-electron chi connectivity index (χ3n) is 5.71. The number of rotatable bonds is 5. The maximum Gasteiger partial charge on any atom is 0.0502 e. The van der Waals surface area contributed by atoms with Gasteiger partial charge in [0.15, 0.2) is 0 Å². The highest BCUT2D eigenvalue weighted by Crippen LogP contribution is 2.40. The van der Waals surface area contributed by atoms with Gasteiger partial charge in [-0.15, -0.1) is 0 Å². The fraction of sp³-hybridized carbons (Fsp3) is 1.00. The molecule has 4 heteroatoms. The minimum atomic E-state index is 0.231. The van der Waals surface area contributed by atoms with Crippen LogP contribution in [-0.2, 0) is 4.74 Å². The lowest BCUT2D eigenvalue weighted by Crippen LogP contribution is -2.58. The molecule has 0 aromatic carbocycles. The minimum Gasteiger partial charge on any atom is -0.384 e. The van der Waals surface area contributed by atoms with Gasteiger partial charge < -0.3 is 10.5 Å². The van der Waals surface area contributed by atoms with Gasteiger partial charge in [-0.3, -0.25) is 9.80 Å². The monoisotopic (exact) mass is 281 g/mol.